The van der Waals surface area contributed by atoms with Gasteiger partial charge in [-0.1, -0.05) is 19.3 Å². The number of esters is 5. The smallest absolute Gasteiger partial charge is 0.305 e. The molecule has 0 radical (unpaired) electrons. The van der Waals surface area contributed by atoms with Crippen molar-refractivity contribution >= 4 is 29.8 Å². The van der Waals surface area contributed by atoms with Crippen LogP contribution in [-0.4, -0.2) is 80.4 Å². The van der Waals surface area contributed by atoms with E-state index < -0.39 is 54.6 Å². The lowest BCUT2D eigenvalue weighted by Gasteiger charge is -2.44. The Balaban J connectivity index is 2.82. The predicted molar refractivity (Wildman–Crippen MR) is 122 cm³/mol. The summed E-state index contributed by atoms with van der Waals surface area (Å²) < 4.78 is 37.7. The number of ether oxygens (including phenoxy) is 7. The fraction of sp³-hybridized carbons (Fsp3) is 0.792. The van der Waals surface area contributed by atoms with Crippen molar-refractivity contribution in [2.45, 2.75) is 104 Å². The van der Waals surface area contributed by atoms with Crippen molar-refractivity contribution in [1.29, 1.82) is 0 Å². The highest BCUT2D eigenvalue weighted by atomic mass is 16.7. The Kier molecular flexibility index (Phi) is 14.7. The number of unbranched alkanes of at least 4 members (excludes halogenated alkanes) is 4. The normalized spacial score (nSPS) is 23.3. The van der Waals surface area contributed by atoms with Crippen LogP contribution >= 0.6 is 0 Å². The van der Waals surface area contributed by atoms with E-state index in [1.54, 1.807) is 6.92 Å². The summed E-state index contributed by atoms with van der Waals surface area (Å²) in [4.78, 5) is 58.1. The molecule has 0 saturated carbocycles. The molecule has 0 spiro atoms. The van der Waals surface area contributed by atoms with E-state index in [0.717, 1.165) is 39.5 Å². The van der Waals surface area contributed by atoms with E-state index in [-0.39, 0.29) is 19.2 Å². The third kappa shape index (κ3) is 12.3. The van der Waals surface area contributed by atoms with E-state index in [1.807, 2.05) is 0 Å². The molecule has 0 bridgehead atoms. The van der Waals surface area contributed by atoms with E-state index in [2.05, 4.69) is 0 Å². The highest BCUT2D eigenvalue weighted by molar-refractivity contribution is 5.69. The molecule has 1 aliphatic rings. The average molecular weight is 519 g/mol. The Labute approximate surface area is 211 Å². The van der Waals surface area contributed by atoms with Gasteiger partial charge in [-0.3, -0.25) is 24.0 Å². The van der Waals surface area contributed by atoms with Gasteiger partial charge in [-0.25, -0.2) is 0 Å². The molecule has 0 unspecified atom stereocenters. The van der Waals surface area contributed by atoms with Gasteiger partial charge < -0.3 is 33.2 Å². The second kappa shape index (κ2) is 16.9. The van der Waals surface area contributed by atoms with Crippen LogP contribution in [0.3, 0.4) is 0 Å². The van der Waals surface area contributed by atoms with Crippen LogP contribution in [0.15, 0.2) is 0 Å². The standard InChI is InChI=1S/C24H38O12/c1-6-30-20(29)12-10-8-7-9-11-13-31-24-23(35-18(5)28)22(34-17(4)27)21(33-16(3)26)19(36-24)14-32-15(2)25/h19,21-24H,6-14H2,1-5H3/t19-,21+,22+,23-,24-/m1/s1. The van der Waals surface area contributed by atoms with Crippen molar-refractivity contribution in [1.82, 2.24) is 0 Å². The van der Waals surface area contributed by atoms with Crippen molar-refractivity contribution in [2.24, 2.45) is 0 Å². The second-order valence-electron chi connectivity index (χ2n) is 8.26. The summed E-state index contributed by atoms with van der Waals surface area (Å²) in [5.74, 6) is -2.88. The van der Waals surface area contributed by atoms with Gasteiger partial charge in [-0.05, 0) is 19.8 Å². The number of carbonyl (C=O) groups excluding carboxylic acids is 5. The molecular formula is C24H38O12. The van der Waals surface area contributed by atoms with Gasteiger partial charge in [0.05, 0.1) is 6.61 Å². The van der Waals surface area contributed by atoms with Gasteiger partial charge in [-0.2, -0.15) is 0 Å². The summed E-state index contributed by atoms with van der Waals surface area (Å²) in [6.45, 7) is 6.75. The highest BCUT2D eigenvalue weighted by Crippen LogP contribution is 2.30. The molecule has 1 fully saturated rings. The Morgan fingerprint density at radius 1 is 0.667 bits per heavy atom. The third-order valence-corrected chi connectivity index (χ3v) is 5.06. The fourth-order valence-electron chi connectivity index (χ4n) is 3.66. The van der Waals surface area contributed by atoms with Gasteiger partial charge in [0.15, 0.2) is 24.6 Å². The molecule has 0 aromatic heterocycles. The molecule has 0 aromatic rings. The largest absolute Gasteiger partial charge is 0.466 e. The monoisotopic (exact) mass is 518 g/mol. The van der Waals surface area contributed by atoms with Gasteiger partial charge in [0.1, 0.15) is 12.7 Å². The number of hydrogen-bond acceptors (Lipinski definition) is 12. The molecule has 12 nitrogen and oxygen atoms in total. The summed E-state index contributed by atoms with van der Waals surface area (Å²) in [7, 11) is 0. The third-order valence-electron chi connectivity index (χ3n) is 5.06. The van der Waals surface area contributed by atoms with Crippen LogP contribution in [0.5, 0.6) is 0 Å². The number of hydrogen-bond donors (Lipinski definition) is 0. The zero-order valence-electron chi connectivity index (χ0n) is 21.6. The first-order chi connectivity index (χ1) is 17.0. The molecule has 0 N–H and O–H groups in total. The predicted octanol–water partition coefficient (Wildman–Crippen LogP) is 1.99. The Morgan fingerprint density at radius 3 is 1.81 bits per heavy atom. The minimum atomic E-state index is -1.25. The molecule has 5 atom stereocenters. The molecular weight excluding hydrogens is 480 g/mol. The topological polar surface area (TPSA) is 150 Å². The first kappa shape index (κ1) is 31.3. The first-order valence-corrected chi connectivity index (χ1v) is 12.1. The van der Waals surface area contributed by atoms with Crippen LogP contribution < -0.4 is 0 Å². The maximum atomic E-state index is 11.8. The quantitative estimate of drug-likeness (QED) is 0.177. The van der Waals surface area contributed by atoms with Crippen molar-refractivity contribution < 1.29 is 57.1 Å². The summed E-state index contributed by atoms with van der Waals surface area (Å²) in [6, 6.07) is 0. The van der Waals surface area contributed by atoms with Gasteiger partial charge in [0, 0.05) is 40.7 Å². The highest BCUT2D eigenvalue weighted by Gasteiger charge is 2.52. The van der Waals surface area contributed by atoms with E-state index in [0.29, 0.717) is 19.4 Å². The van der Waals surface area contributed by atoms with E-state index in [9.17, 15) is 24.0 Å². The minimum Gasteiger partial charge on any atom is -0.466 e. The zero-order valence-corrected chi connectivity index (χ0v) is 21.6. The van der Waals surface area contributed by atoms with Gasteiger partial charge >= 0.3 is 29.8 Å². The van der Waals surface area contributed by atoms with Gasteiger partial charge in [0.25, 0.3) is 0 Å². The van der Waals surface area contributed by atoms with Crippen molar-refractivity contribution in [3.8, 4) is 0 Å². The van der Waals surface area contributed by atoms with Crippen LogP contribution in [0.1, 0.15) is 73.1 Å². The maximum Gasteiger partial charge on any atom is 0.305 e. The Hall–Kier alpha value is -2.73. The SMILES string of the molecule is CCOC(=O)CCCCCCCO[C@@H]1O[C@H](COC(C)=O)[C@H](OC(C)=O)[C@H](OC(C)=O)[C@H]1OC(C)=O. The van der Waals surface area contributed by atoms with Crippen molar-refractivity contribution in [3.05, 3.63) is 0 Å². The van der Waals surface area contributed by atoms with Crippen LogP contribution in [0.4, 0.5) is 0 Å². The second-order valence-corrected chi connectivity index (χ2v) is 8.26. The summed E-state index contributed by atoms with van der Waals surface area (Å²) in [5, 5.41) is 0. The van der Waals surface area contributed by atoms with Crippen LogP contribution in [0.25, 0.3) is 0 Å². The maximum absolute atomic E-state index is 11.8. The lowest BCUT2D eigenvalue weighted by atomic mass is 9.98. The summed E-state index contributed by atoms with van der Waals surface area (Å²) in [5.41, 5.74) is 0. The lowest BCUT2D eigenvalue weighted by molar-refractivity contribution is -0.308. The number of carbonyl (C=O) groups is 5. The zero-order chi connectivity index (χ0) is 27.1. The summed E-state index contributed by atoms with van der Waals surface area (Å²) in [6.07, 6.45) is -1.59. The van der Waals surface area contributed by atoms with Crippen LogP contribution in [-0.2, 0) is 57.1 Å². The van der Waals surface area contributed by atoms with E-state index >= 15 is 0 Å². The van der Waals surface area contributed by atoms with Crippen LogP contribution in [0, 0.1) is 0 Å². The molecule has 1 saturated heterocycles. The molecule has 206 valence electrons. The van der Waals surface area contributed by atoms with Crippen molar-refractivity contribution in [3.63, 3.8) is 0 Å². The molecule has 1 aliphatic heterocycles. The molecule has 12 heteroatoms. The minimum absolute atomic E-state index is 0.204. The Morgan fingerprint density at radius 2 is 1.22 bits per heavy atom. The molecule has 1 heterocycles. The van der Waals surface area contributed by atoms with Gasteiger partial charge in [-0.15, -0.1) is 0 Å². The van der Waals surface area contributed by atoms with Crippen molar-refractivity contribution in [2.75, 3.05) is 19.8 Å². The average Bonchev–Trinajstić information content (AvgIpc) is 2.77. The van der Waals surface area contributed by atoms with E-state index in [1.165, 1.54) is 13.8 Å². The first-order valence-electron chi connectivity index (χ1n) is 12.1. The molecule has 1 rings (SSSR count). The summed E-state index contributed by atoms with van der Waals surface area (Å²) >= 11 is 0. The fourth-order valence-corrected chi connectivity index (χ4v) is 3.66. The molecule has 0 aromatic carbocycles. The van der Waals surface area contributed by atoms with Crippen LogP contribution in [0.2, 0.25) is 0 Å². The van der Waals surface area contributed by atoms with E-state index in [4.69, 9.17) is 33.2 Å². The molecule has 36 heavy (non-hydrogen) atoms. The lowest BCUT2D eigenvalue weighted by Crippen LogP contribution is -2.63. The Bertz CT molecular complexity index is 737. The van der Waals surface area contributed by atoms with Gasteiger partial charge in [0.2, 0.25) is 0 Å². The molecule has 0 aliphatic carbocycles. The number of rotatable bonds is 15. The molecule has 0 amide bonds.